The molecule has 23 heavy (non-hydrogen) atoms. The summed E-state index contributed by atoms with van der Waals surface area (Å²) in [6.45, 7) is 1.89. The molecule has 3 aromatic rings. The molecule has 0 aliphatic carbocycles. The van der Waals surface area contributed by atoms with Crippen molar-refractivity contribution >= 4 is 16.5 Å². The van der Waals surface area contributed by atoms with Crippen LogP contribution in [0.1, 0.15) is 18.9 Å². The molecule has 0 spiro atoms. The fourth-order valence-electron chi connectivity index (χ4n) is 2.91. The molecule has 1 aliphatic rings. The Hall–Kier alpha value is -2.28. The minimum Gasteiger partial charge on any atom is -0.346 e. The third-order valence-corrected chi connectivity index (χ3v) is 5.01. The van der Waals surface area contributed by atoms with Crippen molar-refractivity contribution < 1.29 is 4.39 Å². The summed E-state index contributed by atoms with van der Waals surface area (Å²) < 4.78 is 15.0. The Labute approximate surface area is 137 Å². The molecular formula is C16H16FN5S. The van der Waals surface area contributed by atoms with Crippen molar-refractivity contribution in [3.63, 3.8) is 0 Å². The number of hydrogen-bond acceptors (Lipinski definition) is 5. The number of nitrogens with zero attached hydrogens (tertiary/aromatic N) is 5. The quantitative estimate of drug-likeness (QED) is 0.739. The molecule has 1 fully saturated rings. The number of aromatic nitrogens is 4. The lowest BCUT2D eigenvalue weighted by molar-refractivity contribution is 0.375. The summed E-state index contributed by atoms with van der Waals surface area (Å²) in [6, 6.07) is 6.81. The highest BCUT2D eigenvalue weighted by molar-refractivity contribution is 7.14. The van der Waals surface area contributed by atoms with E-state index in [1.54, 1.807) is 36.1 Å². The third kappa shape index (κ3) is 2.96. The molecule has 0 N–H and O–H groups in total. The predicted molar refractivity (Wildman–Crippen MR) is 88.0 cm³/mol. The number of benzene rings is 1. The summed E-state index contributed by atoms with van der Waals surface area (Å²) >= 11 is 1.63. The molecule has 4 rings (SSSR count). The van der Waals surface area contributed by atoms with E-state index in [4.69, 9.17) is 4.98 Å². The zero-order valence-electron chi connectivity index (χ0n) is 12.5. The topological polar surface area (TPSA) is 46.8 Å². The van der Waals surface area contributed by atoms with E-state index in [9.17, 15) is 4.39 Å². The van der Waals surface area contributed by atoms with Gasteiger partial charge < -0.3 is 4.90 Å². The van der Waals surface area contributed by atoms with Crippen molar-refractivity contribution in [2.75, 3.05) is 18.0 Å². The fraction of sp³-hybridized carbons (Fsp3) is 0.312. The summed E-state index contributed by atoms with van der Waals surface area (Å²) in [6.07, 6.45) is 5.57. The minimum atomic E-state index is -0.226. The van der Waals surface area contributed by atoms with E-state index < -0.39 is 0 Å². The predicted octanol–water partition coefficient (Wildman–Crippen LogP) is 3.38. The summed E-state index contributed by atoms with van der Waals surface area (Å²) in [7, 11) is 0. The highest BCUT2D eigenvalue weighted by Gasteiger charge is 2.23. The number of thiazole rings is 1. The van der Waals surface area contributed by atoms with Crippen LogP contribution >= 0.6 is 11.3 Å². The van der Waals surface area contributed by atoms with Crippen LogP contribution in [0.3, 0.4) is 0 Å². The number of hydrogen-bond donors (Lipinski definition) is 0. The Kier molecular flexibility index (Phi) is 3.78. The first-order valence-corrected chi connectivity index (χ1v) is 8.48. The first-order chi connectivity index (χ1) is 11.3. The molecule has 0 bridgehead atoms. The van der Waals surface area contributed by atoms with Gasteiger partial charge in [-0.05, 0) is 37.1 Å². The van der Waals surface area contributed by atoms with Crippen LogP contribution in [0, 0.1) is 5.82 Å². The van der Waals surface area contributed by atoms with Crippen molar-refractivity contribution in [3.8, 4) is 11.3 Å². The molecule has 2 aromatic heterocycles. The molecule has 1 aliphatic heterocycles. The summed E-state index contributed by atoms with van der Waals surface area (Å²) in [5, 5.41) is 7.29. The average molecular weight is 329 g/mol. The maximum Gasteiger partial charge on any atom is 0.185 e. The molecule has 0 saturated carbocycles. The monoisotopic (exact) mass is 329 g/mol. The van der Waals surface area contributed by atoms with E-state index in [0.29, 0.717) is 6.04 Å². The van der Waals surface area contributed by atoms with Crippen LogP contribution in [-0.4, -0.2) is 32.8 Å². The van der Waals surface area contributed by atoms with E-state index in [1.807, 2.05) is 10.1 Å². The normalized spacial score (nSPS) is 18.3. The van der Waals surface area contributed by atoms with Gasteiger partial charge in [-0.2, -0.15) is 5.10 Å². The standard InChI is InChI=1S/C16H16FN5S/c17-13-5-3-12(4-6-13)15-9-23-16(20-15)21-7-1-2-14(8-21)22-11-18-10-19-22/h3-6,9-11,14H,1-2,7-8H2. The van der Waals surface area contributed by atoms with Crippen molar-refractivity contribution in [1.82, 2.24) is 19.7 Å². The van der Waals surface area contributed by atoms with E-state index >= 15 is 0 Å². The van der Waals surface area contributed by atoms with Gasteiger partial charge in [-0.25, -0.2) is 19.0 Å². The van der Waals surface area contributed by atoms with Gasteiger partial charge in [-0.3, -0.25) is 0 Å². The SMILES string of the molecule is Fc1ccc(-c2csc(N3CCCC(n4cncn4)C3)n2)cc1. The van der Waals surface area contributed by atoms with Crippen molar-refractivity contribution in [2.24, 2.45) is 0 Å². The van der Waals surface area contributed by atoms with Gasteiger partial charge in [0, 0.05) is 24.0 Å². The van der Waals surface area contributed by atoms with Crippen LogP contribution in [-0.2, 0) is 0 Å². The second-order valence-electron chi connectivity index (χ2n) is 5.64. The van der Waals surface area contributed by atoms with Crippen LogP contribution < -0.4 is 4.90 Å². The van der Waals surface area contributed by atoms with Gasteiger partial charge in [0.2, 0.25) is 0 Å². The number of anilines is 1. The van der Waals surface area contributed by atoms with Gasteiger partial charge >= 0.3 is 0 Å². The van der Waals surface area contributed by atoms with E-state index in [2.05, 4.69) is 15.0 Å². The van der Waals surface area contributed by atoms with E-state index in [0.717, 1.165) is 42.3 Å². The molecule has 1 unspecified atom stereocenters. The van der Waals surface area contributed by atoms with Gasteiger partial charge in [0.25, 0.3) is 0 Å². The number of piperidine rings is 1. The summed E-state index contributed by atoms with van der Waals surface area (Å²) in [4.78, 5) is 11.1. The Morgan fingerprint density at radius 1 is 1.22 bits per heavy atom. The summed E-state index contributed by atoms with van der Waals surface area (Å²) in [5.41, 5.74) is 1.84. The molecule has 118 valence electrons. The maximum atomic E-state index is 13.0. The minimum absolute atomic E-state index is 0.226. The highest BCUT2D eigenvalue weighted by atomic mass is 32.1. The van der Waals surface area contributed by atoms with Gasteiger partial charge in [0.1, 0.15) is 18.5 Å². The Morgan fingerprint density at radius 2 is 2.09 bits per heavy atom. The summed E-state index contributed by atoms with van der Waals surface area (Å²) in [5.74, 6) is -0.226. The van der Waals surface area contributed by atoms with Gasteiger partial charge in [-0.15, -0.1) is 11.3 Å². The molecule has 1 saturated heterocycles. The fourth-order valence-corrected chi connectivity index (χ4v) is 3.78. The van der Waals surface area contributed by atoms with E-state index in [-0.39, 0.29) is 5.82 Å². The molecule has 3 heterocycles. The molecule has 5 nitrogen and oxygen atoms in total. The second-order valence-corrected chi connectivity index (χ2v) is 6.48. The second kappa shape index (κ2) is 6.08. The lowest BCUT2D eigenvalue weighted by Gasteiger charge is -2.32. The lowest BCUT2D eigenvalue weighted by atomic mass is 10.1. The van der Waals surface area contributed by atoms with Crippen molar-refractivity contribution in [2.45, 2.75) is 18.9 Å². The van der Waals surface area contributed by atoms with E-state index in [1.165, 1.54) is 12.1 Å². The Bertz CT molecular complexity index is 768. The smallest absolute Gasteiger partial charge is 0.185 e. The van der Waals surface area contributed by atoms with Crippen molar-refractivity contribution in [3.05, 3.63) is 48.1 Å². The number of halogens is 1. The first-order valence-electron chi connectivity index (χ1n) is 7.60. The molecule has 1 aromatic carbocycles. The Morgan fingerprint density at radius 3 is 2.87 bits per heavy atom. The van der Waals surface area contributed by atoms with Gasteiger partial charge in [0.15, 0.2) is 5.13 Å². The zero-order chi connectivity index (χ0) is 15.6. The zero-order valence-corrected chi connectivity index (χ0v) is 13.3. The molecule has 7 heteroatoms. The van der Waals surface area contributed by atoms with Crippen LogP contribution in [0.5, 0.6) is 0 Å². The first kappa shape index (κ1) is 14.3. The van der Waals surface area contributed by atoms with Crippen LogP contribution in [0.4, 0.5) is 9.52 Å². The van der Waals surface area contributed by atoms with Crippen LogP contribution in [0.2, 0.25) is 0 Å². The molecule has 0 radical (unpaired) electrons. The largest absolute Gasteiger partial charge is 0.346 e. The van der Waals surface area contributed by atoms with Crippen LogP contribution in [0.15, 0.2) is 42.3 Å². The van der Waals surface area contributed by atoms with Gasteiger partial charge in [-0.1, -0.05) is 0 Å². The molecular weight excluding hydrogens is 313 g/mol. The lowest BCUT2D eigenvalue weighted by Crippen LogP contribution is -2.36. The van der Waals surface area contributed by atoms with Crippen LogP contribution in [0.25, 0.3) is 11.3 Å². The van der Waals surface area contributed by atoms with Crippen molar-refractivity contribution in [1.29, 1.82) is 0 Å². The Balaban J connectivity index is 1.53. The average Bonchev–Trinajstić information content (AvgIpc) is 3.28. The maximum absolute atomic E-state index is 13.0. The molecule has 1 atom stereocenters. The highest BCUT2D eigenvalue weighted by Crippen LogP contribution is 2.31. The number of rotatable bonds is 3. The third-order valence-electron chi connectivity index (χ3n) is 4.11. The molecule has 0 amide bonds. The van der Waals surface area contributed by atoms with Gasteiger partial charge in [0.05, 0.1) is 11.7 Å².